The molecule has 0 aliphatic heterocycles. The van der Waals surface area contributed by atoms with Crippen LogP contribution in [0.5, 0.6) is 0 Å². The third-order valence-electron chi connectivity index (χ3n) is 3.50. The first kappa shape index (κ1) is 16.4. The molecule has 1 aromatic rings. The third kappa shape index (κ3) is 4.79. The van der Waals surface area contributed by atoms with Gasteiger partial charge in [-0.3, -0.25) is 4.79 Å². The summed E-state index contributed by atoms with van der Waals surface area (Å²) >= 11 is 0. The number of nitrogens with one attached hydrogen (secondary N) is 1. The van der Waals surface area contributed by atoms with E-state index >= 15 is 0 Å². The lowest BCUT2D eigenvalue weighted by Crippen LogP contribution is -2.23. The van der Waals surface area contributed by atoms with E-state index < -0.39 is 0 Å². The maximum Gasteiger partial charge on any atom is 0.228 e. The lowest BCUT2D eigenvalue weighted by atomic mass is 10.0. The number of amides is 1. The minimum atomic E-state index is 0.0244. The highest BCUT2D eigenvalue weighted by atomic mass is 16.1. The second kappa shape index (κ2) is 8.51. The van der Waals surface area contributed by atoms with Crippen LogP contribution < -0.4 is 10.2 Å². The zero-order chi connectivity index (χ0) is 15.0. The highest BCUT2D eigenvalue weighted by molar-refractivity contribution is 5.91. The van der Waals surface area contributed by atoms with E-state index in [1.165, 1.54) is 0 Å². The van der Waals surface area contributed by atoms with E-state index in [4.69, 9.17) is 0 Å². The van der Waals surface area contributed by atoms with Crippen molar-refractivity contribution >= 4 is 17.5 Å². The number of anilines is 2. The van der Waals surface area contributed by atoms with Gasteiger partial charge in [-0.1, -0.05) is 27.2 Å². The van der Waals surface area contributed by atoms with Gasteiger partial charge >= 0.3 is 0 Å². The lowest BCUT2D eigenvalue weighted by Gasteiger charge is -2.17. The van der Waals surface area contributed by atoms with Crippen molar-refractivity contribution in [3.8, 4) is 0 Å². The number of hydrogen-bond acceptors (Lipinski definition) is 4. The summed E-state index contributed by atoms with van der Waals surface area (Å²) in [5.74, 6) is 1.42. The molecule has 5 nitrogen and oxygen atoms in total. The minimum Gasteiger partial charge on any atom is -0.358 e. The molecule has 5 heteroatoms. The van der Waals surface area contributed by atoms with Crippen molar-refractivity contribution in [3.05, 3.63) is 12.1 Å². The molecule has 1 rings (SSSR count). The van der Waals surface area contributed by atoms with E-state index in [1.807, 2.05) is 33.0 Å². The van der Waals surface area contributed by atoms with Crippen LogP contribution in [0, 0.1) is 5.92 Å². The van der Waals surface area contributed by atoms with E-state index in [0.29, 0.717) is 5.82 Å². The fourth-order valence-electron chi connectivity index (χ4n) is 1.99. The van der Waals surface area contributed by atoms with Gasteiger partial charge in [0.1, 0.15) is 0 Å². The van der Waals surface area contributed by atoms with Crippen LogP contribution in [-0.4, -0.2) is 29.7 Å². The number of unbranched alkanes of at least 4 members (excludes halogenated alkanes) is 1. The van der Waals surface area contributed by atoms with E-state index in [1.54, 1.807) is 0 Å². The fraction of sp³-hybridized carbons (Fsp3) is 0.667. The minimum absolute atomic E-state index is 0.0244. The van der Waals surface area contributed by atoms with Gasteiger partial charge in [0.15, 0.2) is 11.6 Å². The molecule has 0 atom stereocenters. The standard InChI is InChI=1S/C15H26N4O/c1-5-8-11-19(4)14-10-9-13(17-18-14)16-15(20)12(6-2)7-3/h9-10,12H,5-8,11H2,1-4H3,(H,16,17,20). The number of rotatable bonds is 8. The van der Waals surface area contributed by atoms with Crippen LogP contribution in [0.4, 0.5) is 11.6 Å². The van der Waals surface area contributed by atoms with Crippen molar-refractivity contribution in [2.24, 2.45) is 5.92 Å². The fourth-order valence-corrected chi connectivity index (χ4v) is 1.99. The lowest BCUT2D eigenvalue weighted by molar-refractivity contribution is -0.120. The number of hydrogen-bond donors (Lipinski definition) is 1. The highest BCUT2D eigenvalue weighted by Crippen LogP contribution is 2.14. The number of aromatic nitrogens is 2. The SMILES string of the molecule is CCCCN(C)c1ccc(NC(=O)C(CC)CC)nn1. The van der Waals surface area contributed by atoms with Gasteiger partial charge in [0, 0.05) is 19.5 Å². The molecule has 0 aliphatic carbocycles. The third-order valence-corrected chi connectivity index (χ3v) is 3.50. The normalized spacial score (nSPS) is 10.7. The topological polar surface area (TPSA) is 58.1 Å². The monoisotopic (exact) mass is 278 g/mol. The summed E-state index contributed by atoms with van der Waals surface area (Å²) < 4.78 is 0. The second-order valence-electron chi connectivity index (χ2n) is 5.05. The summed E-state index contributed by atoms with van der Waals surface area (Å²) in [5.41, 5.74) is 0. The Kier molecular flexibility index (Phi) is 6.98. The highest BCUT2D eigenvalue weighted by Gasteiger charge is 2.14. The summed E-state index contributed by atoms with van der Waals surface area (Å²) in [6.07, 6.45) is 3.97. The van der Waals surface area contributed by atoms with Crippen molar-refractivity contribution in [1.82, 2.24) is 10.2 Å². The Labute approximate surface area is 121 Å². The summed E-state index contributed by atoms with van der Waals surface area (Å²) in [6, 6.07) is 3.70. The largest absolute Gasteiger partial charge is 0.358 e. The molecule has 0 spiro atoms. The number of carbonyl (C=O) groups excluding carboxylic acids is 1. The molecule has 1 amide bonds. The quantitative estimate of drug-likeness (QED) is 0.794. The Bertz CT molecular complexity index is 401. The average Bonchev–Trinajstić information content (AvgIpc) is 2.46. The predicted molar refractivity (Wildman–Crippen MR) is 82.9 cm³/mol. The molecule has 0 aliphatic rings. The Hall–Kier alpha value is -1.65. The molecule has 20 heavy (non-hydrogen) atoms. The van der Waals surface area contributed by atoms with Crippen LogP contribution in [0.25, 0.3) is 0 Å². The van der Waals surface area contributed by atoms with E-state index in [-0.39, 0.29) is 11.8 Å². The number of carbonyl (C=O) groups is 1. The van der Waals surface area contributed by atoms with E-state index in [9.17, 15) is 4.79 Å². The molecular weight excluding hydrogens is 252 g/mol. The molecule has 0 saturated carbocycles. The summed E-state index contributed by atoms with van der Waals surface area (Å²) in [4.78, 5) is 14.0. The van der Waals surface area contributed by atoms with Crippen LogP contribution in [0.2, 0.25) is 0 Å². The summed E-state index contributed by atoms with van der Waals surface area (Å²) in [5, 5.41) is 11.1. The van der Waals surface area contributed by atoms with Crippen molar-refractivity contribution in [1.29, 1.82) is 0 Å². The van der Waals surface area contributed by atoms with Crippen molar-refractivity contribution in [3.63, 3.8) is 0 Å². The molecule has 0 fully saturated rings. The predicted octanol–water partition coefficient (Wildman–Crippen LogP) is 3.09. The zero-order valence-electron chi connectivity index (χ0n) is 13.0. The van der Waals surface area contributed by atoms with Crippen LogP contribution in [0.1, 0.15) is 46.5 Å². The van der Waals surface area contributed by atoms with Gasteiger partial charge in [-0.25, -0.2) is 0 Å². The molecule has 112 valence electrons. The van der Waals surface area contributed by atoms with Crippen LogP contribution >= 0.6 is 0 Å². The first-order valence-corrected chi connectivity index (χ1v) is 7.48. The van der Waals surface area contributed by atoms with Gasteiger partial charge in [-0.05, 0) is 31.4 Å². The van der Waals surface area contributed by atoms with Crippen LogP contribution in [-0.2, 0) is 4.79 Å². The Morgan fingerprint density at radius 1 is 1.25 bits per heavy atom. The second-order valence-corrected chi connectivity index (χ2v) is 5.05. The maximum atomic E-state index is 11.9. The van der Waals surface area contributed by atoms with Crippen molar-refractivity contribution < 1.29 is 4.79 Å². The molecule has 1 N–H and O–H groups in total. The number of nitrogens with zero attached hydrogens (tertiary/aromatic N) is 3. The molecule has 0 bridgehead atoms. The Morgan fingerprint density at radius 2 is 1.95 bits per heavy atom. The van der Waals surface area contributed by atoms with Crippen molar-refractivity contribution in [2.45, 2.75) is 46.5 Å². The van der Waals surface area contributed by atoms with Crippen molar-refractivity contribution in [2.75, 3.05) is 23.8 Å². The first-order chi connectivity index (χ1) is 9.62. The summed E-state index contributed by atoms with van der Waals surface area (Å²) in [6.45, 7) is 7.16. The van der Waals surface area contributed by atoms with Gasteiger partial charge in [0.2, 0.25) is 5.91 Å². The van der Waals surface area contributed by atoms with Gasteiger partial charge in [-0.15, -0.1) is 10.2 Å². The van der Waals surface area contributed by atoms with Gasteiger partial charge in [-0.2, -0.15) is 0 Å². The van der Waals surface area contributed by atoms with Gasteiger partial charge in [0.05, 0.1) is 0 Å². The smallest absolute Gasteiger partial charge is 0.228 e. The van der Waals surface area contributed by atoms with E-state index in [0.717, 1.165) is 38.0 Å². The Balaban J connectivity index is 2.60. The van der Waals surface area contributed by atoms with Gasteiger partial charge < -0.3 is 10.2 Å². The molecule has 1 aromatic heterocycles. The molecule has 0 aromatic carbocycles. The molecule has 0 unspecified atom stereocenters. The van der Waals surface area contributed by atoms with Crippen LogP contribution in [0.3, 0.4) is 0 Å². The molecule has 1 heterocycles. The molecular formula is C15H26N4O. The van der Waals surface area contributed by atoms with E-state index in [2.05, 4.69) is 27.3 Å². The summed E-state index contributed by atoms with van der Waals surface area (Å²) in [7, 11) is 2.00. The zero-order valence-corrected chi connectivity index (χ0v) is 13.0. The van der Waals surface area contributed by atoms with Gasteiger partial charge in [0.25, 0.3) is 0 Å². The molecule has 0 saturated heterocycles. The first-order valence-electron chi connectivity index (χ1n) is 7.48. The maximum absolute atomic E-state index is 11.9. The Morgan fingerprint density at radius 3 is 2.45 bits per heavy atom. The molecule has 0 radical (unpaired) electrons. The average molecular weight is 278 g/mol. The van der Waals surface area contributed by atoms with Crippen LogP contribution in [0.15, 0.2) is 12.1 Å².